The Hall–Kier alpha value is -3.16. The first-order valence-electron chi connectivity index (χ1n) is 9.15. The highest BCUT2D eigenvalue weighted by Gasteiger charge is 2.43. The van der Waals surface area contributed by atoms with E-state index in [2.05, 4.69) is 15.2 Å². The van der Waals surface area contributed by atoms with Crippen LogP contribution in [0.1, 0.15) is 37.7 Å². The van der Waals surface area contributed by atoms with Gasteiger partial charge in [-0.25, -0.2) is 10.1 Å². The minimum atomic E-state index is -0.490. The predicted octanol–water partition coefficient (Wildman–Crippen LogP) is 1.86. The van der Waals surface area contributed by atoms with Crippen LogP contribution in [0.15, 0.2) is 45.1 Å². The lowest BCUT2D eigenvalue weighted by Crippen LogP contribution is -2.58. The molecule has 1 fully saturated rings. The van der Waals surface area contributed by atoms with Gasteiger partial charge >= 0.3 is 0 Å². The lowest BCUT2D eigenvalue weighted by atomic mass is 9.86. The number of anilines is 1. The number of aliphatic imine (C=N–C) groups is 2. The Labute approximate surface area is 157 Å². The largest absolute Gasteiger partial charge is 0.369 e. The summed E-state index contributed by atoms with van der Waals surface area (Å²) in [6, 6.07) is 9.18. The quantitative estimate of drug-likeness (QED) is 0.749. The molecule has 140 valence electrons. The number of nitrogens with zero attached hydrogens (tertiary/aromatic N) is 4. The molecule has 0 saturated heterocycles. The molecule has 0 bridgehead atoms. The van der Waals surface area contributed by atoms with Crippen LogP contribution >= 0.6 is 0 Å². The summed E-state index contributed by atoms with van der Waals surface area (Å²) < 4.78 is 0. The number of rotatable bonds is 2. The van der Waals surface area contributed by atoms with E-state index in [-0.39, 0.29) is 11.5 Å². The molecule has 2 heterocycles. The summed E-state index contributed by atoms with van der Waals surface area (Å²) in [7, 11) is 0. The van der Waals surface area contributed by atoms with Crippen molar-refractivity contribution in [2.75, 3.05) is 4.90 Å². The zero-order valence-corrected chi connectivity index (χ0v) is 15.3. The minimum Gasteiger partial charge on any atom is -0.369 e. The van der Waals surface area contributed by atoms with Gasteiger partial charge in [0.05, 0.1) is 5.69 Å². The molecule has 8 heteroatoms. The van der Waals surface area contributed by atoms with Crippen molar-refractivity contribution >= 4 is 17.6 Å². The van der Waals surface area contributed by atoms with Gasteiger partial charge in [0.15, 0.2) is 0 Å². The topological polar surface area (TPSA) is 126 Å². The predicted molar refractivity (Wildman–Crippen MR) is 107 cm³/mol. The van der Waals surface area contributed by atoms with Gasteiger partial charge in [-0.15, -0.1) is 0 Å². The highest BCUT2D eigenvalue weighted by Crippen LogP contribution is 2.41. The Kier molecular flexibility index (Phi) is 4.18. The van der Waals surface area contributed by atoms with E-state index in [9.17, 15) is 4.79 Å². The molecule has 4 rings (SSSR count). The molecular formula is C19H23N7O. The Balaban J connectivity index is 1.83. The summed E-state index contributed by atoms with van der Waals surface area (Å²) in [6.07, 6.45) is 5.08. The van der Waals surface area contributed by atoms with E-state index in [0.29, 0.717) is 11.7 Å². The number of aryl methyl sites for hydroxylation is 1. The van der Waals surface area contributed by atoms with E-state index in [1.54, 1.807) is 6.07 Å². The molecule has 8 nitrogen and oxygen atoms in total. The third-order valence-electron chi connectivity index (χ3n) is 5.28. The van der Waals surface area contributed by atoms with Crippen molar-refractivity contribution in [3.63, 3.8) is 0 Å². The van der Waals surface area contributed by atoms with Crippen molar-refractivity contribution in [1.82, 2.24) is 10.2 Å². The van der Waals surface area contributed by atoms with Crippen LogP contribution in [-0.4, -0.2) is 27.8 Å². The van der Waals surface area contributed by atoms with E-state index >= 15 is 0 Å². The Bertz CT molecular complexity index is 965. The third-order valence-corrected chi connectivity index (χ3v) is 5.28. The van der Waals surface area contributed by atoms with Crippen molar-refractivity contribution in [3.8, 4) is 11.3 Å². The molecule has 27 heavy (non-hydrogen) atoms. The maximum absolute atomic E-state index is 11.3. The first kappa shape index (κ1) is 17.3. The summed E-state index contributed by atoms with van der Waals surface area (Å²) in [5.41, 5.74) is 15.1. The monoisotopic (exact) mass is 365 g/mol. The van der Waals surface area contributed by atoms with Crippen molar-refractivity contribution in [3.05, 3.63) is 46.2 Å². The van der Waals surface area contributed by atoms with Crippen molar-refractivity contribution < 1.29 is 0 Å². The molecule has 1 aliphatic heterocycles. The molecule has 1 aliphatic carbocycles. The van der Waals surface area contributed by atoms with E-state index in [4.69, 9.17) is 16.5 Å². The fourth-order valence-corrected chi connectivity index (χ4v) is 3.98. The lowest BCUT2D eigenvalue weighted by Gasteiger charge is -2.46. The maximum atomic E-state index is 11.3. The fourth-order valence-electron chi connectivity index (χ4n) is 3.98. The molecule has 0 atom stereocenters. The maximum Gasteiger partial charge on any atom is 0.264 e. The number of hydrogen-bond donors (Lipinski definition) is 3. The molecular weight excluding hydrogens is 342 g/mol. The van der Waals surface area contributed by atoms with Crippen LogP contribution < -0.4 is 21.9 Å². The summed E-state index contributed by atoms with van der Waals surface area (Å²) in [5.74, 6) is 0.598. The van der Waals surface area contributed by atoms with E-state index in [0.717, 1.165) is 42.5 Å². The zero-order chi connectivity index (χ0) is 19.0. The summed E-state index contributed by atoms with van der Waals surface area (Å²) in [5, 5.41) is 6.61. The summed E-state index contributed by atoms with van der Waals surface area (Å²) >= 11 is 0. The number of nitrogens with two attached hydrogens (primary N) is 2. The van der Waals surface area contributed by atoms with Crippen molar-refractivity contribution in [1.29, 1.82) is 0 Å². The number of H-pyrrole nitrogens is 1. The standard InChI is InChI=1S/C19H23N7O/c1-12-5-6-13(14-7-8-16(27)25-24-14)11-15(12)26-18(21)22-17(20)23-19(26)9-3-2-4-10-19/h5-8,11H,2-4,9-10H2,1H3,(H,25,27)(H4,20,21,22,23). The molecule has 0 radical (unpaired) electrons. The van der Waals surface area contributed by atoms with Crippen LogP contribution in [0.4, 0.5) is 5.69 Å². The molecule has 1 aromatic carbocycles. The van der Waals surface area contributed by atoms with Crippen LogP contribution in [0, 0.1) is 6.92 Å². The van der Waals surface area contributed by atoms with Gasteiger partial charge < -0.3 is 11.5 Å². The number of aromatic amines is 1. The summed E-state index contributed by atoms with van der Waals surface area (Å²) in [4.78, 5) is 22.3. The summed E-state index contributed by atoms with van der Waals surface area (Å²) in [6.45, 7) is 2.03. The van der Waals surface area contributed by atoms with Crippen molar-refractivity contribution in [2.45, 2.75) is 44.7 Å². The highest BCUT2D eigenvalue weighted by molar-refractivity contribution is 6.06. The van der Waals surface area contributed by atoms with Gasteiger partial charge in [0.1, 0.15) is 5.66 Å². The van der Waals surface area contributed by atoms with Gasteiger partial charge in [0.25, 0.3) is 5.56 Å². The molecule has 2 aliphatic rings. The minimum absolute atomic E-state index is 0.232. The SMILES string of the molecule is Cc1ccc(-c2ccc(=O)[nH]n2)cc1N1C(N)=NC(N)=NC12CCCCC2. The van der Waals surface area contributed by atoms with Crippen molar-refractivity contribution in [2.24, 2.45) is 21.5 Å². The average Bonchev–Trinajstić information content (AvgIpc) is 2.64. The van der Waals surface area contributed by atoms with Crippen LogP contribution in [0.5, 0.6) is 0 Å². The molecule has 1 saturated carbocycles. The molecule has 2 aromatic rings. The smallest absolute Gasteiger partial charge is 0.264 e. The average molecular weight is 365 g/mol. The van der Waals surface area contributed by atoms with Gasteiger partial charge in [0.2, 0.25) is 11.9 Å². The Morgan fingerprint density at radius 3 is 2.59 bits per heavy atom. The number of benzene rings is 1. The second-order valence-corrected chi connectivity index (χ2v) is 7.13. The number of aromatic nitrogens is 2. The number of guanidine groups is 2. The Morgan fingerprint density at radius 2 is 1.89 bits per heavy atom. The second kappa shape index (κ2) is 6.53. The highest BCUT2D eigenvalue weighted by atomic mass is 16.1. The normalized spacial score (nSPS) is 18.9. The molecule has 0 unspecified atom stereocenters. The van der Waals surface area contributed by atoms with Gasteiger partial charge in [-0.05, 0) is 50.3 Å². The first-order chi connectivity index (χ1) is 13.0. The Morgan fingerprint density at radius 1 is 1.11 bits per heavy atom. The lowest BCUT2D eigenvalue weighted by molar-refractivity contribution is 0.305. The van der Waals surface area contributed by atoms with E-state index < -0.39 is 5.66 Å². The van der Waals surface area contributed by atoms with Gasteiger partial charge in [0, 0.05) is 17.3 Å². The number of hydrogen-bond acceptors (Lipinski definition) is 7. The van der Waals surface area contributed by atoms with Gasteiger partial charge in [-0.3, -0.25) is 9.69 Å². The number of nitrogens with one attached hydrogen (secondary N) is 1. The molecule has 1 spiro atoms. The van der Waals surface area contributed by atoms with E-state index in [1.165, 1.54) is 12.5 Å². The molecule has 5 N–H and O–H groups in total. The fraction of sp³-hybridized carbons (Fsp3) is 0.368. The van der Waals surface area contributed by atoms with Gasteiger partial charge in [-0.1, -0.05) is 18.6 Å². The second-order valence-electron chi connectivity index (χ2n) is 7.13. The van der Waals surface area contributed by atoms with Crippen LogP contribution in [0.3, 0.4) is 0 Å². The molecule has 0 amide bonds. The van der Waals surface area contributed by atoms with Gasteiger partial charge in [-0.2, -0.15) is 10.1 Å². The molecule has 1 aromatic heterocycles. The third kappa shape index (κ3) is 3.07. The van der Waals surface area contributed by atoms with Crippen LogP contribution in [0.2, 0.25) is 0 Å². The zero-order valence-electron chi connectivity index (χ0n) is 15.3. The van der Waals surface area contributed by atoms with E-state index in [1.807, 2.05) is 30.0 Å². The van der Waals surface area contributed by atoms with Crippen LogP contribution in [0.25, 0.3) is 11.3 Å². The van der Waals surface area contributed by atoms with Crippen LogP contribution in [-0.2, 0) is 0 Å². The first-order valence-corrected chi connectivity index (χ1v) is 9.15.